The maximum Gasteiger partial charge on any atom is 0.118 e. The van der Waals surface area contributed by atoms with Crippen molar-refractivity contribution in [3.63, 3.8) is 0 Å². The first-order chi connectivity index (χ1) is 9.15. The molecule has 0 heterocycles. The standard InChI is InChI=1S/C16H26N2O/c1-4-15(17)16(18(2)11-12-5-6-12)13-7-9-14(19-3)10-8-13/h7-10,12,15-16H,4-6,11,17H2,1-3H3. The van der Waals surface area contributed by atoms with Gasteiger partial charge in [0, 0.05) is 18.6 Å². The molecule has 19 heavy (non-hydrogen) atoms. The zero-order chi connectivity index (χ0) is 13.8. The second-order valence-electron chi connectivity index (χ2n) is 5.67. The third-order valence-electron chi connectivity index (χ3n) is 4.05. The van der Waals surface area contributed by atoms with Crippen LogP contribution in [0.1, 0.15) is 37.8 Å². The van der Waals surface area contributed by atoms with E-state index in [4.69, 9.17) is 10.5 Å². The van der Waals surface area contributed by atoms with Crippen molar-refractivity contribution in [1.82, 2.24) is 4.90 Å². The van der Waals surface area contributed by atoms with E-state index in [0.717, 1.165) is 24.6 Å². The van der Waals surface area contributed by atoms with Crippen molar-refractivity contribution in [3.8, 4) is 5.75 Å². The molecule has 2 unspecified atom stereocenters. The van der Waals surface area contributed by atoms with Crippen LogP contribution in [0.15, 0.2) is 24.3 Å². The predicted octanol–water partition coefficient (Wildman–Crippen LogP) is 2.82. The number of benzene rings is 1. The van der Waals surface area contributed by atoms with Gasteiger partial charge in [-0.05, 0) is 49.9 Å². The lowest BCUT2D eigenvalue weighted by Gasteiger charge is -2.33. The molecule has 0 aromatic heterocycles. The fourth-order valence-electron chi connectivity index (χ4n) is 2.67. The van der Waals surface area contributed by atoms with E-state index < -0.39 is 0 Å². The van der Waals surface area contributed by atoms with E-state index in [1.54, 1.807) is 7.11 Å². The molecule has 0 spiro atoms. The molecule has 1 saturated carbocycles. The predicted molar refractivity (Wildman–Crippen MR) is 79.4 cm³/mol. The van der Waals surface area contributed by atoms with Gasteiger partial charge in [-0.2, -0.15) is 0 Å². The van der Waals surface area contributed by atoms with E-state index in [0.29, 0.717) is 6.04 Å². The fourth-order valence-corrected chi connectivity index (χ4v) is 2.67. The van der Waals surface area contributed by atoms with Crippen LogP contribution in [-0.2, 0) is 0 Å². The van der Waals surface area contributed by atoms with E-state index in [1.807, 2.05) is 12.1 Å². The van der Waals surface area contributed by atoms with Gasteiger partial charge in [-0.15, -0.1) is 0 Å². The van der Waals surface area contributed by atoms with Crippen LogP contribution in [0.5, 0.6) is 5.75 Å². The lowest BCUT2D eigenvalue weighted by Crippen LogP contribution is -2.39. The maximum atomic E-state index is 6.34. The van der Waals surface area contributed by atoms with Gasteiger partial charge in [0.25, 0.3) is 0 Å². The Labute approximate surface area is 116 Å². The Bertz CT molecular complexity index is 386. The second-order valence-corrected chi connectivity index (χ2v) is 5.67. The van der Waals surface area contributed by atoms with Gasteiger partial charge < -0.3 is 10.5 Å². The minimum Gasteiger partial charge on any atom is -0.497 e. The Kier molecular flexibility index (Phi) is 4.83. The number of ether oxygens (including phenoxy) is 1. The van der Waals surface area contributed by atoms with Crippen molar-refractivity contribution in [1.29, 1.82) is 0 Å². The third-order valence-corrected chi connectivity index (χ3v) is 4.05. The normalized spacial score (nSPS) is 18.4. The molecular weight excluding hydrogens is 236 g/mol. The zero-order valence-electron chi connectivity index (χ0n) is 12.3. The third kappa shape index (κ3) is 3.71. The van der Waals surface area contributed by atoms with Crippen LogP contribution < -0.4 is 10.5 Å². The molecule has 0 amide bonds. The van der Waals surface area contributed by atoms with Gasteiger partial charge in [0.05, 0.1) is 7.11 Å². The van der Waals surface area contributed by atoms with Crippen molar-refractivity contribution in [2.45, 2.75) is 38.3 Å². The molecule has 1 aliphatic carbocycles. The summed E-state index contributed by atoms with van der Waals surface area (Å²) < 4.78 is 5.23. The van der Waals surface area contributed by atoms with Crippen LogP contribution >= 0.6 is 0 Å². The summed E-state index contributed by atoms with van der Waals surface area (Å²) in [4.78, 5) is 2.42. The molecule has 2 rings (SSSR count). The minimum atomic E-state index is 0.178. The lowest BCUT2D eigenvalue weighted by atomic mass is 9.96. The van der Waals surface area contributed by atoms with Crippen molar-refractivity contribution in [2.75, 3.05) is 20.7 Å². The molecule has 2 atom stereocenters. The molecule has 0 bridgehead atoms. The number of hydrogen-bond donors (Lipinski definition) is 1. The van der Waals surface area contributed by atoms with Gasteiger partial charge in [0.2, 0.25) is 0 Å². The van der Waals surface area contributed by atoms with E-state index in [1.165, 1.54) is 18.4 Å². The highest BCUT2D eigenvalue weighted by atomic mass is 16.5. The molecule has 2 N–H and O–H groups in total. The second kappa shape index (κ2) is 6.40. The van der Waals surface area contributed by atoms with Crippen molar-refractivity contribution >= 4 is 0 Å². The zero-order valence-corrected chi connectivity index (χ0v) is 12.3. The molecule has 106 valence electrons. The molecule has 1 aliphatic rings. The summed E-state index contributed by atoms with van der Waals surface area (Å²) in [5.41, 5.74) is 7.63. The maximum absolute atomic E-state index is 6.34. The highest BCUT2D eigenvalue weighted by molar-refractivity contribution is 5.30. The summed E-state index contributed by atoms with van der Waals surface area (Å²) >= 11 is 0. The van der Waals surface area contributed by atoms with E-state index in [2.05, 4.69) is 31.0 Å². The summed E-state index contributed by atoms with van der Waals surface area (Å²) in [6, 6.07) is 8.81. The quantitative estimate of drug-likeness (QED) is 0.821. The average Bonchev–Trinajstić information content (AvgIpc) is 3.23. The first kappa shape index (κ1) is 14.4. The molecule has 0 aliphatic heterocycles. The van der Waals surface area contributed by atoms with E-state index >= 15 is 0 Å². The van der Waals surface area contributed by atoms with E-state index in [9.17, 15) is 0 Å². The number of methoxy groups -OCH3 is 1. The summed E-state index contributed by atoms with van der Waals surface area (Å²) in [6.45, 7) is 3.32. The summed E-state index contributed by atoms with van der Waals surface area (Å²) in [7, 11) is 3.90. The Balaban J connectivity index is 2.14. The molecule has 3 heteroatoms. The van der Waals surface area contributed by atoms with Crippen LogP contribution in [-0.4, -0.2) is 31.6 Å². The lowest BCUT2D eigenvalue weighted by molar-refractivity contribution is 0.202. The van der Waals surface area contributed by atoms with Crippen LogP contribution in [0.3, 0.4) is 0 Å². The van der Waals surface area contributed by atoms with Gasteiger partial charge in [-0.25, -0.2) is 0 Å². The number of hydrogen-bond acceptors (Lipinski definition) is 3. The van der Waals surface area contributed by atoms with Crippen LogP contribution in [0.25, 0.3) is 0 Å². The van der Waals surface area contributed by atoms with Gasteiger partial charge >= 0.3 is 0 Å². The first-order valence-electron chi connectivity index (χ1n) is 7.25. The van der Waals surface area contributed by atoms with Crippen molar-refractivity contribution in [3.05, 3.63) is 29.8 Å². The Hall–Kier alpha value is -1.06. The monoisotopic (exact) mass is 262 g/mol. The molecule has 0 radical (unpaired) electrons. The molecular formula is C16H26N2O. The highest BCUT2D eigenvalue weighted by Gasteiger charge is 2.29. The number of nitrogens with two attached hydrogens (primary N) is 1. The molecule has 0 saturated heterocycles. The average molecular weight is 262 g/mol. The van der Waals surface area contributed by atoms with Crippen LogP contribution in [0.4, 0.5) is 0 Å². The number of rotatable bonds is 7. The van der Waals surface area contributed by atoms with E-state index in [-0.39, 0.29) is 6.04 Å². The van der Waals surface area contributed by atoms with Gasteiger partial charge in [0.1, 0.15) is 5.75 Å². The number of nitrogens with zero attached hydrogens (tertiary/aromatic N) is 1. The SMILES string of the molecule is CCC(N)C(c1ccc(OC)cc1)N(C)CC1CC1. The summed E-state index contributed by atoms with van der Waals surface area (Å²) in [5.74, 6) is 1.78. The Morgan fingerprint density at radius 3 is 2.42 bits per heavy atom. The molecule has 1 aromatic rings. The fraction of sp³-hybridized carbons (Fsp3) is 0.625. The van der Waals surface area contributed by atoms with Gasteiger partial charge in [-0.1, -0.05) is 19.1 Å². The minimum absolute atomic E-state index is 0.178. The van der Waals surface area contributed by atoms with Gasteiger partial charge in [0.15, 0.2) is 0 Å². The van der Waals surface area contributed by atoms with Crippen LogP contribution in [0, 0.1) is 5.92 Å². The molecule has 1 fully saturated rings. The Morgan fingerprint density at radius 2 is 1.95 bits per heavy atom. The van der Waals surface area contributed by atoms with Crippen molar-refractivity contribution in [2.24, 2.45) is 11.7 Å². The summed E-state index contributed by atoms with van der Waals surface area (Å²) in [6.07, 6.45) is 3.74. The smallest absolute Gasteiger partial charge is 0.118 e. The molecule has 1 aromatic carbocycles. The topological polar surface area (TPSA) is 38.5 Å². The Morgan fingerprint density at radius 1 is 1.32 bits per heavy atom. The largest absolute Gasteiger partial charge is 0.497 e. The van der Waals surface area contributed by atoms with Crippen LogP contribution in [0.2, 0.25) is 0 Å². The first-order valence-corrected chi connectivity index (χ1v) is 7.25. The summed E-state index contributed by atoms with van der Waals surface area (Å²) in [5, 5.41) is 0. The van der Waals surface area contributed by atoms with Gasteiger partial charge in [-0.3, -0.25) is 4.90 Å². The highest BCUT2D eigenvalue weighted by Crippen LogP contribution is 2.33. The molecule has 3 nitrogen and oxygen atoms in total. The van der Waals surface area contributed by atoms with Crippen molar-refractivity contribution < 1.29 is 4.74 Å². The number of likely N-dealkylation sites (N-methyl/N-ethyl adjacent to an activating group) is 1.